The summed E-state index contributed by atoms with van der Waals surface area (Å²) in [4.78, 5) is 22.6. The van der Waals surface area contributed by atoms with Crippen molar-refractivity contribution in [3.63, 3.8) is 0 Å². The third-order valence-corrected chi connectivity index (χ3v) is 7.55. The zero-order valence-electron chi connectivity index (χ0n) is 21.6. The van der Waals surface area contributed by atoms with E-state index >= 15 is 0 Å². The molecule has 2 aliphatic rings. The van der Waals surface area contributed by atoms with Gasteiger partial charge in [0.1, 0.15) is 11.3 Å². The zero-order chi connectivity index (χ0) is 26.2. The minimum absolute atomic E-state index is 0.0511. The molecule has 0 spiro atoms. The molecule has 0 unspecified atom stereocenters. The van der Waals surface area contributed by atoms with Crippen molar-refractivity contribution in [2.24, 2.45) is 7.05 Å². The van der Waals surface area contributed by atoms with E-state index in [-0.39, 0.29) is 36.6 Å². The molecule has 0 radical (unpaired) electrons. The van der Waals surface area contributed by atoms with E-state index < -0.39 is 0 Å². The first-order valence-corrected chi connectivity index (χ1v) is 13.2. The van der Waals surface area contributed by atoms with Gasteiger partial charge in [-0.2, -0.15) is 10.4 Å². The first-order valence-electron chi connectivity index (χ1n) is 13.2. The molecule has 1 aromatic carbocycles. The monoisotopic (exact) mass is 513 g/mol. The molecule has 2 atom stereocenters. The molecule has 4 aromatic rings. The number of aryl methyl sites for hydroxylation is 1. The summed E-state index contributed by atoms with van der Waals surface area (Å²) >= 11 is 0. The van der Waals surface area contributed by atoms with E-state index in [1.165, 1.54) is 0 Å². The fourth-order valence-corrected chi connectivity index (χ4v) is 5.61. The second kappa shape index (κ2) is 10.2. The molecule has 1 N–H and O–H groups in total. The number of nitriles is 1. The number of carbonyl (C=O) groups excluding carboxylic acids is 1. The van der Waals surface area contributed by atoms with E-state index in [9.17, 15) is 10.1 Å². The number of pyridine rings is 1. The molecule has 1 aliphatic carbocycles. The van der Waals surface area contributed by atoms with Crippen LogP contribution in [0.2, 0.25) is 0 Å². The van der Waals surface area contributed by atoms with E-state index in [0.717, 1.165) is 59.1 Å². The minimum Gasteiger partial charge on any atom is -0.378 e. The highest BCUT2D eigenvalue weighted by molar-refractivity contribution is 6.03. The predicted octanol–water partition coefficient (Wildman–Crippen LogP) is 3.34. The molecule has 0 bridgehead atoms. The maximum atomic E-state index is 13.1. The Kier molecular flexibility index (Phi) is 6.55. The number of nitrogens with one attached hydrogen (secondary N) is 1. The van der Waals surface area contributed by atoms with Gasteiger partial charge in [-0.05, 0) is 56.9 Å². The number of amides is 1. The van der Waals surface area contributed by atoms with Gasteiger partial charge in [0, 0.05) is 37.3 Å². The van der Waals surface area contributed by atoms with Crippen LogP contribution in [0.15, 0.2) is 36.7 Å². The Morgan fingerprint density at radius 2 is 2.13 bits per heavy atom. The van der Waals surface area contributed by atoms with E-state index in [1.54, 1.807) is 16.9 Å². The minimum atomic E-state index is -0.0511. The average Bonchev–Trinajstić information content (AvgIpc) is 3.47. The van der Waals surface area contributed by atoms with Crippen molar-refractivity contribution in [2.75, 3.05) is 6.61 Å². The first kappa shape index (κ1) is 24.5. The Balaban J connectivity index is 1.20. The van der Waals surface area contributed by atoms with Crippen molar-refractivity contribution in [3.05, 3.63) is 53.7 Å². The Labute approximate surface area is 220 Å². The van der Waals surface area contributed by atoms with Crippen LogP contribution in [0.1, 0.15) is 55.7 Å². The van der Waals surface area contributed by atoms with Crippen molar-refractivity contribution in [3.8, 4) is 6.07 Å². The lowest BCUT2D eigenvalue weighted by Gasteiger charge is -2.35. The smallest absolute Gasteiger partial charge is 0.227 e. The summed E-state index contributed by atoms with van der Waals surface area (Å²) in [5.74, 6) is 0.667. The molecule has 10 heteroatoms. The van der Waals surface area contributed by atoms with Gasteiger partial charge < -0.3 is 19.4 Å². The largest absolute Gasteiger partial charge is 0.378 e. The number of ether oxygens (including phenoxy) is 2. The molecular formula is C28H31N7O3. The molecule has 196 valence electrons. The number of nitrogens with zero attached hydrogens (tertiary/aromatic N) is 6. The summed E-state index contributed by atoms with van der Waals surface area (Å²) in [6.07, 6.45) is 7.34. The average molecular weight is 514 g/mol. The quantitative estimate of drug-likeness (QED) is 0.402. The summed E-state index contributed by atoms with van der Waals surface area (Å²) < 4.78 is 15.7. The van der Waals surface area contributed by atoms with Crippen molar-refractivity contribution in [1.82, 2.24) is 29.6 Å². The molecule has 1 saturated carbocycles. The number of benzene rings is 1. The fraction of sp³-hybridized carbons (Fsp3) is 0.464. The van der Waals surface area contributed by atoms with Crippen LogP contribution in [-0.4, -0.2) is 55.1 Å². The van der Waals surface area contributed by atoms with Crippen LogP contribution in [0.4, 0.5) is 0 Å². The SMILES string of the molecule is C[C@@H]1C[C@H](n2c(CC(=O)NC3CC(OCc4ccn(C)n4)C3)nc3cnc4ccc(C#N)cc4c32)CCO1. The van der Waals surface area contributed by atoms with E-state index in [4.69, 9.17) is 14.5 Å². The second-order valence-electron chi connectivity index (χ2n) is 10.4. The van der Waals surface area contributed by atoms with E-state index in [2.05, 4.69) is 33.0 Å². The van der Waals surface area contributed by atoms with Gasteiger partial charge in [0.15, 0.2) is 0 Å². The standard InChI is InChI=1S/C28H31N7O3/c1-17-9-21(6-8-37-17)35-26(32-25-15-30-24-4-3-18(14-29)10-23(24)28(25)35)13-27(36)31-20-11-22(12-20)38-16-19-5-7-34(2)33-19/h3-5,7,10,15,17,20-22H,6,8-9,11-13,16H2,1-2H3,(H,31,36)/t17-,20?,21-,22?/m1/s1. The molecule has 10 nitrogen and oxygen atoms in total. The topological polar surface area (TPSA) is 120 Å². The molecule has 6 rings (SSSR count). The number of aromatic nitrogens is 5. The Hall–Kier alpha value is -3.81. The van der Waals surface area contributed by atoms with Crippen LogP contribution in [0, 0.1) is 11.3 Å². The van der Waals surface area contributed by atoms with Crippen LogP contribution in [0.3, 0.4) is 0 Å². The van der Waals surface area contributed by atoms with Crippen molar-refractivity contribution < 1.29 is 14.3 Å². The van der Waals surface area contributed by atoms with E-state index in [1.807, 2.05) is 31.4 Å². The van der Waals surface area contributed by atoms with Crippen molar-refractivity contribution >= 4 is 27.8 Å². The predicted molar refractivity (Wildman–Crippen MR) is 140 cm³/mol. The molecule has 2 fully saturated rings. The third-order valence-electron chi connectivity index (χ3n) is 7.55. The van der Waals surface area contributed by atoms with Crippen LogP contribution >= 0.6 is 0 Å². The summed E-state index contributed by atoms with van der Waals surface area (Å²) in [5.41, 5.74) is 3.95. The molecule has 4 heterocycles. The lowest BCUT2D eigenvalue weighted by atomic mass is 9.89. The molecule has 3 aromatic heterocycles. The fourth-order valence-electron chi connectivity index (χ4n) is 5.61. The number of hydrogen-bond donors (Lipinski definition) is 1. The van der Waals surface area contributed by atoms with Gasteiger partial charge in [-0.25, -0.2) is 4.98 Å². The number of imidazole rings is 1. The molecular weight excluding hydrogens is 482 g/mol. The van der Waals surface area contributed by atoms with Gasteiger partial charge in [-0.15, -0.1) is 0 Å². The van der Waals surface area contributed by atoms with E-state index in [0.29, 0.717) is 18.8 Å². The first-order chi connectivity index (χ1) is 18.5. The van der Waals surface area contributed by atoms with Gasteiger partial charge in [-0.3, -0.25) is 14.5 Å². The maximum absolute atomic E-state index is 13.1. The molecule has 1 aliphatic heterocycles. The summed E-state index contributed by atoms with van der Waals surface area (Å²) in [7, 11) is 1.89. The highest BCUT2D eigenvalue weighted by Gasteiger charge is 2.32. The van der Waals surface area contributed by atoms with Crippen molar-refractivity contribution in [2.45, 2.75) is 69.9 Å². The van der Waals surface area contributed by atoms with Gasteiger partial charge in [-0.1, -0.05) is 0 Å². The van der Waals surface area contributed by atoms with Crippen LogP contribution in [0.5, 0.6) is 0 Å². The summed E-state index contributed by atoms with van der Waals surface area (Å²) in [6.45, 7) is 3.22. The highest BCUT2D eigenvalue weighted by Crippen LogP contribution is 2.34. The number of hydrogen-bond acceptors (Lipinski definition) is 7. The summed E-state index contributed by atoms with van der Waals surface area (Å²) in [5, 5.41) is 17.9. The van der Waals surface area contributed by atoms with Gasteiger partial charge >= 0.3 is 0 Å². The lowest BCUT2D eigenvalue weighted by Crippen LogP contribution is -2.48. The van der Waals surface area contributed by atoms with Crippen LogP contribution < -0.4 is 5.32 Å². The maximum Gasteiger partial charge on any atom is 0.227 e. The van der Waals surface area contributed by atoms with Gasteiger partial charge in [0.05, 0.1) is 59.8 Å². The zero-order valence-corrected chi connectivity index (χ0v) is 21.6. The lowest BCUT2D eigenvalue weighted by molar-refractivity contribution is -0.123. The normalized spacial score (nSPS) is 23.3. The van der Waals surface area contributed by atoms with Crippen LogP contribution in [-0.2, 0) is 34.3 Å². The molecule has 1 amide bonds. The Morgan fingerprint density at radius 1 is 1.26 bits per heavy atom. The number of carbonyl (C=O) groups is 1. The Bertz CT molecular complexity index is 1530. The highest BCUT2D eigenvalue weighted by atomic mass is 16.5. The van der Waals surface area contributed by atoms with Gasteiger partial charge in [0.2, 0.25) is 5.91 Å². The Morgan fingerprint density at radius 3 is 2.89 bits per heavy atom. The number of rotatable bonds is 7. The molecule has 38 heavy (non-hydrogen) atoms. The second-order valence-corrected chi connectivity index (χ2v) is 10.4. The third kappa shape index (κ3) is 4.87. The van der Waals surface area contributed by atoms with Crippen molar-refractivity contribution in [1.29, 1.82) is 5.26 Å². The van der Waals surface area contributed by atoms with Crippen LogP contribution in [0.25, 0.3) is 21.9 Å². The van der Waals surface area contributed by atoms with Gasteiger partial charge in [0.25, 0.3) is 0 Å². The number of fused-ring (bicyclic) bond motifs is 3. The molecule has 1 saturated heterocycles. The summed E-state index contributed by atoms with van der Waals surface area (Å²) in [6, 6.07) is 9.94.